The van der Waals surface area contributed by atoms with Gasteiger partial charge in [-0.15, -0.1) is 0 Å². The molecule has 1 fully saturated rings. The largest absolute Gasteiger partial charge is 0.481 e. The van der Waals surface area contributed by atoms with Gasteiger partial charge in [0.25, 0.3) is 0 Å². The standard InChI is InChI=1S/C15H20N2O3/c18-13(17-12-4-8-16-9-5-12)10-15(11-14(19)20)6-2-1-3-7-15/h4-5,8-9H,1-3,6-7,10-11H2,(H,19,20)(H,16,17,18). The van der Waals surface area contributed by atoms with Crippen molar-refractivity contribution in [2.24, 2.45) is 5.41 Å². The Labute approximate surface area is 118 Å². The summed E-state index contributed by atoms with van der Waals surface area (Å²) in [5.74, 6) is -0.928. The zero-order valence-electron chi connectivity index (χ0n) is 11.5. The molecule has 108 valence electrons. The smallest absolute Gasteiger partial charge is 0.303 e. The number of aliphatic carboxylic acids is 1. The van der Waals surface area contributed by atoms with Crippen LogP contribution in [0.2, 0.25) is 0 Å². The molecule has 5 nitrogen and oxygen atoms in total. The average molecular weight is 276 g/mol. The molecule has 1 saturated carbocycles. The van der Waals surface area contributed by atoms with Crippen molar-refractivity contribution in [1.82, 2.24) is 4.98 Å². The van der Waals surface area contributed by atoms with E-state index in [4.69, 9.17) is 5.11 Å². The fraction of sp³-hybridized carbons (Fsp3) is 0.533. The van der Waals surface area contributed by atoms with Crippen molar-refractivity contribution in [3.05, 3.63) is 24.5 Å². The summed E-state index contributed by atoms with van der Waals surface area (Å²) in [5, 5.41) is 11.9. The number of anilines is 1. The van der Waals surface area contributed by atoms with Gasteiger partial charge < -0.3 is 10.4 Å². The number of carbonyl (C=O) groups is 2. The van der Waals surface area contributed by atoms with Crippen LogP contribution in [0.4, 0.5) is 5.69 Å². The van der Waals surface area contributed by atoms with Crippen molar-refractivity contribution in [3.63, 3.8) is 0 Å². The fourth-order valence-electron chi connectivity index (χ4n) is 3.02. The summed E-state index contributed by atoms with van der Waals surface area (Å²) in [4.78, 5) is 27.1. The van der Waals surface area contributed by atoms with Crippen LogP contribution in [0.3, 0.4) is 0 Å². The molecule has 5 heteroatoms. The predicted octanol–water partition coefficient (Wildman–Crippen LogP) is 2.84. The number of hydrogen-bond donors (Lipinski definition) is 2. The van der Waals surface area contributed by atoms with Crippen molar-refractivity contribution in [3.8, 4) is 0 Å². The highest BCUT2D eigenvalue weighted by molar-refractivity contribution is 5.91. The van der Waals surface area contributed by atoms with Crippen molar-refractivity contribution in [2.45, 2.75) is 44.9 Å². The number of hydrogen-bond acceptors (Lipinski definition) is 3. The lowest BCUT2D eigenvalue weighted by Crippen LogP contribution is -2.32. The third kappa shape index (κ3) is 4.05. The molecule has 0 atom stereocenters. The Kier molecular flexibility index (Phi) is 4.71. The van der Waals surface area contributed by atoms with E-state index in [0.717, 1.165) is 32.1 Å². The predicted molar refractivity (Wildman–Crippen MR) is 75.3 cm³/mol. The first kappa shape index (κ1) is 14.5. The zero-order chi connectivity index (χ0) is 14.4. The van der Waals surface area contributed by atoms with E-state index < -0.39 is 5.97 Å². The first-order valence-electron chi connectivity index (χ1n) is 7.01. The Morgan fingerprint density at radius 3 is 2.40 bits per heavy atom. The molecule has 0 spiro atoms. The zero-order valence-corrected chi connectivity index (χ0v) is 11.5. The molecule has 1 aromatic heterocycles. The van der Waals surface area contributed by atoms with Gasteiger partial charge in [0.15, 0.2) is 0 Å². The molecule has 0 aliphatic heterocycles. The highest BCUT2D eigenvalue weighted by Crippen LogP contribution is 2.42. The second-order valence-corrected chi connectivity index (χ2v) is 5.59. The van der Waals surface area contributed by atoms with E-state index in [1.165, 1.54) is 0 Å². The number of rotatable bonds is 5. The second-order valence-electron chi connectivity index (χ2n) is 5.59. The lowest BCUT2D eigenvalue weighted by molar-refractivity contribution is -0.140. The summed E-state index contributed by atoms with van der Waals surface area (Å²) in [7, 11) is 0. The fourth-order valence-corrected chi connectivity index (χ4v) is 3.02. The summed E-state index contributed by atoms with van der Waals surface area (Å²) in [5.41, 5.74) is 0.326. The van der Waals surface area contributed by atoms with Gasteiger partial charge in [-0.3, -0.25) is 14.6 Å². The maximum absolute atomic E-state index is 12.1. The van der Waals surface area contributed by atoms with Crippen LogP contribution in [-0.2, 0) is 9.59 Å². The summed E-state index contributed by atoms with van der Waals surface area (Å²) in [6.07, 6.45) is 8.38. The highest BCUT2D eigenvalue weighted by Gasteiger charge is 2.36. The Bertz CT molecular complexity index is 467. The van der Waals surface area contributed by atoms with E-state index >= 15 is 0 Å². The third-order valence-corrected chi connectivity index (χ3v) is 3.94. The van der Waals surface area contributed by atoms with E-state index in [0.29, 0.717) is 5.69 Å². The van der Waals surface area contributed by atoms with Crippen molar-refractivity contribution in [1.29, 1.82) is 0 Å². The lowest BCUT2D eigenvalue weighted by Gasteiger charge is -2.35. The maximum atomic E-state index is 12.1. The van der Waals surface area contributed by atoms with Crippen LogP contribution in [-0.4, -0.2) is 22.0 Å². The summed E-state index contributed by atoms with van der Waals surface area (Å²) < 4.78 is 0. The van der Waals surface area contributed by atoms with Gasteiger partial charge in [0.2, 0.25) is 5.91 Å². The van der Waals surface area contributed by atoms with Crippen molar-refractivity contribution < 1.29 is 14.7 Å². The molecule has 1 heterocycles. The SMILES string of the molecule is O=C(O)CC1(CC(=O)Nc2ccncc2)CCCCC1. The topological polar surface area (TPSA) is 79.3 Å². The minimum absolute atomic E-state index is 0.0801. The number of amides is 1. The quantitative estimate of drug-likeness (QED) is 0.866. The van der Waals surface area contributed by atoms with Gasteiger partial charge in [-0.05, 0) is 30.4 Å². The maximum Gasteiger partial charge on any atom is 0.303 e. The van der Waals surface area contributed by atoms with E-state index in [2.05, 4.69) is 10.3 Å². The lowest BCUT2D eigenvalue weighted by atomic mass is 9.69. The molecule has 0 saturated heterocycles. The van der Waals surface area contributed by atoms with Crippen LogP contribution in [0, 0.1) is 5.41 Å². The highest BCUT2D eigenvalue weighted by atomic mass is 16.4. The van der Waals surface area contributed by atoms with E-state index in [1.807, 2.05) is 0 Å². The number of nitrogens with zero attached hydrogens (tertiary/aromatic N) is 1. The first-order valence-corrected chi connectivity index (χ1v) is 7.01. The van der Waals surface area contributed by atoms with Crippen LogP contribution in [0.1, 0.15) is 44.9 Å². The second kappa shape index (κ2) is 6.50. The Balaban J connectivity index is 2.00. The van der Waals surface area contributed by atoms with Crippen LogP contribution >= 0.6 is 0 Å². The van der Waals surface area contributed by atoms with E-state index in [-0.39, 0.29) is 24.2 Å². The molecule has 1 aromatic rings. The number of aromatic nitrogens is 1. The molecule has 1 amide bonds. The summed E-state index contributed by atoms with van der Waals surface area (Å²) >= 11 is 0. The summed E-state index contributed by atoms with van der Waals surface area (Å²) in [6.45, 7) is 0. The molecule has 1 aliphatic rings. The molecule has 0 bridgehead atoms. The molecular formula is C15H20N2O3. The monoisotopic (exact) mass is 276 g/mol. The number of carboxylic acids is 1. The molecule has 0 aromatic carbocycles. The molecule has 2 N–H and O–H groups in total. The van der Waals surface area contributed by atoms with Gasteiger partial charge in [-0.25, -0.2) is 0 Å². The van der Waals surface area contributed by atoms with Gasteiger partial charge >= 0.3 is 5.97 Å². The number of nitrogens with one attached hydrogen (secondary N) is 1. The minimum atomic E-state index is -0.816. The Hall–Kier alpha value is -1.91. The van der Waals surface area contributed by atoms with Gasteiger partial charge in [-0.2, -0.15) is 0 Å². The van der Waals surface area contributed by atoms with E-state index in [1.54, 1.807) is 24.5 Å². The third-order valence-electron chi connectivity index (χ3n) is 3.94. The van der Waals surface area contributed by atoms with Gasteiger partial charge in [-0.1, -0.05) is 19.3 Å². The Morgan fingerprint density at radius 2 is 1.80 bits per heavy atom. The van der Waals surface area contributed by atoms with Gasteiger partial charge in [0, 0.05) is 24.5 Å². The molecular weight excluding hydrogens is 256 g/mol. The van der Waals surface area contributed by atoms with Crippen LogP contribution in [0.25, 0.3) is 0 Å². The number of pyridine rings is 1. The molecule has 1 aliphatic carbocycles. The first-order chi connectivity index (χ1) is 9.60. The normalized spacial score (nSPS) is 17.4. The van der Waals surface area contributed by atoms with Gasteiger partial charge in [0.05, 0.1) is 6.42 Å². The Morgan fingerprint density at radius 1 is 1.15 bits per heavy atom. The number of carbonyl (C=O) groups excluding carboxylic acids is 1. The molecule has 0 radical (unpaired) electrons. The molecule has 20 heavy (non-hydrogen) atoms. The van der Waals surface area contributed by atoms with Gasteiger partial charge in [0.1, 0.15) is 0 Å². The summed E-state index contributed by atoms with van der Waals surface area (Å²) in [6, 6.07) is 3.45. The van der Waals surface area contributed by atoms with Crippen molar-refractivity contribution >= 4 is 17.6 Å². The van der Waals surface area contributed by atoms with E-state index in [9.17, 15) is 9.59 Å². The number of carboxylic acid groups (broad SMARTS) is 1. The van der Waals surface area contributed by atoms with Crippen LogP contribution in [0.15, 0.2) is 24.5 Å². The van der Waals surface area contributed by atoms with Crippen LogP contribution < -0.4 is 5.32 Å². The molecule has 0 unspecified atom stereocenters. The minimum Gasteiger partial charge on any atom is -0.481 e. The average Bonchev–Trinajstić information content (AvgIpc) is 2.39. The van der Waals surface area contributed by atoms with Crippen molar-refractivity contribution in [2.75, 3.05) is 5.32 Å². The molecule has 2 rings (SSSR count). The van der Waals surface area contributed by atoms with Crippen LogP contribution in [0.5, 0.6) is 0 Å².